The number of benzene rings is 1. The first-order valence-electron chi connectivity index (χ1n) is 10.5. The van der Waals surface area contributed by atoms with Crippen molar-refractivity contribution in [2.45, 2.75) is 65.2 Å². The Morgan fingerprint density at radius 2 is 1.76 bits per heavy atom. The highest BCUT2D eigenvalue weighted by Crippen LogP contribution is 2.34. The number of nitrogens with zero attached hydrogens (tertiary/aromatic N) is 2. The molecule has 1 fully saturated rings. The lowest BCUT2D eigenvalue weighted by Crippen LogP contribution is -2.26. The van der Waals surface area contributed by atoms with Crippen molar-refractivity contribution in [2.24, 2.45) is 11.8 Å². The number of rotatable bonds is 7. The molecule has 0 unspecified atom stereocenters. The third kappa shape index (κ3) is 5.37. The van der Waals surface area contributed by atoms with Gasteiger partial charge in [-0.25, -0.2) is 14.4 Å². The van der Waals surface area contributed by atoms with Gasteiger partial charge in [-0.3, -0.25) is 4.79 Å². The van der Waals surface area contributed by atoms with Gasteiger partial charge in [0.2, 0.25) is 5.82 Å². The van der Waals surface area contributed by atoms with Crippen LogP contribution in [0.4, 0.5) is 8.78 Å². The molecule has 0 atom stereocenters. The average molecular weight is 402 g/mol. The minimum absolute atomic E-state index is 0.0603. The van der Waals surface area contributed by atoms with Crippen LogP contribution in [0.15, 0.2) is 24.5 Å². The molecule has 1 aliphatic carbocycles. The minimum Gasteiger partial charge on any atom is -0.423 e. The Morgan fingerprint density at radius 3 is 2.41 bits per heavy atom. The summed E-state index contributed by atoms with van der Waals surface area (Å²) in [4.78, 5) is 20.5. The van der Waals surface area contributed by atoms with E-state index in [-0.39, 0.29) is 23.1 Å². The standard InChI is InChI=1S/C23H28F2N2O2/c1-3-4-5-6-16-7-9-17(10-8-16)23(28)29-19-12-11-18(20(24)21(19)25)22-26-13-15(2)14-27-22/h11-14,16-17H,3-10H2,1-2H3. The third-order valence-corrected chi connectivity index (χ3v) is 5.68. The molecule has 0 aliphatic heterocycles. The van der Waals surface area contributed by atoms with Crippen LogP contribution in [-0.2, 0) is 4.79 Å². The van der Waals surface area contributed by atoms with Gasteiger partial charge in [-0.2, -0.15) is 4.39 Å². The van der Waals surface area contributed by atoms with Crippen LogP contribution in [0.25, 0.3) is 11.4 Å². The molecule has 0 N–H and O–H groups in total. The number of carbonyl (C=O) groups is 1. The monoisotopic (exact) mass is 402 g/mol. The molecule has 4 nitrogen and oxygen atoms in total. The molecular formula is C23H28F2N2O2. The summed E-state index contributed by atoms with van der Waals surface area (Å²) in [5.41, 5.74) is 0.759. The molecule has 0 radical (unpaired) electrons. The third-order valence-electron chi connectivity index (χ3n) is 5.68. The highest BCUT2D eigenvalue weighted by atomic mass is 19.2. The normalized spacial score (nSPS) is 19.2. The van der Waals surface area contributed by atoms with E-state index in [2.05, 4.69) is 16.9 Å². The van der Waals surface area contributed by atoms with Gasteiger partial charge < -0.3 is 4.74 Å². The molecule has 0 saturated heterocycles. The Labute approximate surface area is 170 Å². The summed E-state index contributed by atoms with van der Waals surface area (Å²) in [7, 11) is 0. The lowest BCUT2D eigenvalue weighted by Gasteiger charge is -2.27. The van der Waals surface area contributed by atoms with Gasteiger partial charge >= 0.3 is 5.97 Å². The maximum atomic E-state index is 14.5. The zero-order valence-corrected chi connectivity index (χ0v) is 17.1. The van der Waals surface area contributed by atoms with E-state index in [0.29, 0.717) is 5.92 Å². The second-order valence-corrected chi connectivity index (χ2v) is 7.96. The minimum atomic E-state index is -1.19. The lowest BCUT2D eigenvalue weighted by atomic mass is 9.80. The number of esters is 1. The summed E-state index contributed by atoms with van der Waals surface area (Å²) in [6, 6.07) is 2.61. The van der Waals surface area contributed by atoms with Crippen LogP contribution in [0, 0.1) is 30.4 Å². The predicted octanol–water partition coefficient (Wildman–Crippen LogP) is 6.02. The molecule has 1 aliphatic rings. The number of aromatic nitrogens is 2. The maximum absolute atomic E-state index is 14.5. The van der Waals surface area contributed by atoms with Crippen molar-refractivity contribution in [3.05, 3.63) is 41.7 Å². The van der Waals surface area contributed by atoms with Crippen molar-refractivity contribution in [1.29, 1.82) is 0 Å². The van der Waals surface area contributed by atoms with Crippen LogP contribution in [-0.4, -0.2) is 15.9 Å². The van der Waals surface area contributed by atoms with Crippen molar-refractivity contribution in [3.63, 3.8) is 0 Å². The summed E-state index contributed by atoms with van der Waals surface area (Å²) in [6.45, 7) is 4.00. The van der Waals surface area contributed by atoms with Gasteiger partial charge in [-0.15, -0.1) is 0 Å². The second kappa shape index (κ2) is 9.90. The van der Waals surface area contributed by atoms with Crippen LogP contribution in [0.5, 0.6) is 5.75 Å². The topological polar surface area (TPSA) is 52.1 Å². The predicted molar refractivity (Wildman–Crippen MR) is 107 cm³/mol. The number of aryl methyl sites for hydroxylation is 1. The Morgan fingerprint density at radius 1 is 1.07 bits per heavy atom. The van der Waals surface area contributed by atoms with Crippen molar-refractivity contribution in [1.82, 2.24) is 9.97 Å². The number of halogens is 2. The fraction of sp³-hybridized carbons (Fsp3) is 0.522. The van der Waals surface area contributed by atoms with Crippen LogP contribution in [0.3, 0.4) is 0 Å². The summed E-state index contributed by atoms with van der Waals surface area (Å²) in [5, 5.41) is 0. The molecule has 0 bridgehead atoms. The van der Waals surface area contributed by atoms with E-state index in [1.54, 1.807) is 0 Å². The lowest BCUT2D eigenvalue weighted by molar-refractivity contribution is -0.140. The number of unbranched alkanes of at least 4 members (excludes halogenated alkanes) is 2. The molecule has 156 valence electrons. The second-order valence-electron chi connectivity index (χ2n) is 7.96. The fourth-order valence-electron chi connectivity index (χ4n) is 3.88. The van der Waals surface area contributed by atoms with Crippen molar-refractivity contribution < 1.29 is 18.3 Å². The molecule has 0 amide bonds. The molecule has 1 aromatic heterocycles. The van der Waals surface area contributed by atoms with E-state index in [9.17, 15) is 13.6 Å². The Kier molecular flexibility index (Phi) is 7.29. The molecule has 6 heteroatoms. The van der Waals surface area contributed by atoms with Crippen molar-refractivity contribution in [2.75, 3.05) is 0 Å². The molecule has 2 aromatic rings. The molecule has 1 aromatic carbocycles. The van der Waals surface area contributed by atoms with E-state index in [0.717, 1.165) is 31.2 Å². The van der Waals surface area contributed by atoms with Crippen LogP contribution < -0.4 is 4.74 Å². The highest BCUT2D eigenvalue weighted by Gasteiger charge is 2.29. The molecule has 0 spiro atoms. The fourth-order valence-corrected chi connectivity index (χ4v) is 3.88. The quantitative estimate of drug-likeness (QED) is 0.323. The van der Waals surface area contributed by atoms with Gasteiger partial charge in [0.25, 0.3) is 0 Å². The van der Waals surface area contributed by atoms with E-state index in [4.69, 9.17) is 4.74 Å². The zero-order valence-electron chi connectivity index (χ0n) is 17.1. The summed E-state index contributed by atoms with van der Waals surface area (Å²) in [5.74, 6) is -2.66. The van der Waals surface area contributed by atoms with Gasteiger partial charge in [0.15, 0.2) is 17.4 Å². The first kappa shape index (κ1) is 21.3. The number of ether oxygens (including phenoxy) is 1. The first-order valence-corrected chi connectivity index (χ1v) is 10.5. The Bertz CT molecular complexity index is 832. The van der Waals surface area contributed by atoms with E-state index >= 15 is 0 Å². The van der Waals surface area contributed by atoms with Gasteiger partial charge in [0.1, 0.15) is 0 Å². The van der Waals surface area contributed by atoms with Crippen LogP contribution in [0.2, 0.25) is 0 Å². The van der Waals surface area contributed by atoms with Gasteiger partial charge in [-0.1, -0.05) is 32.6 Å². The van der Waals surface area contributed by atoms with Gasteiger partial charge in [0.05, 0.1) is 11.5 Å². The number of carbonyl (C=O) groups excluding carboxylic acids is 1. The molecule has 1 saturated carbocycles. The van der Waals surface area contributed by atoms with E-state index in [1.165, 1.54) is 50.2 Å². The largest absolute Gasteiger partial charge is 0.423 e. The van der Waals surface area contributed by atoms with Crippen LogP contribution >= 0.6 is 0 Å². The first-order chi connectivity index (χ1) is 14.0. The smallest absolute Gasteiger partial charge is 0.314 e. The SMILES string of the molecule is CCCCCC1CCC(C(=O)Oc2ccc(-c3ncc(C)cn3)c(F)c2F)CC1. The van der Waals surface area contributed by atoms with Gasteiger partial charge in [0, 0.05) is 12.4 Å². The van der Waals surface area contributed by atoms with Crippen LogP contribution in [0.1, 0.15) is 63.9 Å². The van der Waals surface area contributed by atoms with E-state index < -0.39 is 17.6 Å². The molecule has 1 heterocycles. The Hall–Kier alpha value is -2.37. The number of hydrogen-bond donors (Lipinski definition) is 0. The summed E-state index contributed by atoms with van der Waals surface area (Å²) >= 11 is 0. The maximum Gasteiger partial charge on any atom is 0.314 e. The van der Waals surface area contributed by atoms with E-state index in [1.807, 2.05) is 6.92 Å². The Balaban J connectivity index is 1.61. The molecular weight excluding hydrogens is 374 g/mol. The van der Waals surface area contributed by atoms with Crippen molar-refractivity contribution >= 4 is 5.97 Å². The summed E-state index contributed by atoms with van der Waals surface area (Å²) in [6.07, 6.45) is 11.4. The highest BCUT2D eigenvalue weighted by molar-refractivity contribution is 5.75. The number of hydrogen-bond acceptors (Lipinski definition) is 4. The molecule has 29 heavy (non-hydrogen) atoms. The zero-order chi connectivity index (χ0) is 20.8. The van der Waals surface area contributed by atoms with Crippen molar-refractivity contribution in [3.8, 4) is 17.1 Å². The summed E-state index contributed by atoms with van der Waals surface area (Å²) < 4.78 is 34.2. The van der Waals surface area contributed by atoms with Gasteiger partial charge in [-0.05, 0) is 56.2 Å². The molecule has 3 rings (SSSR count). The average Bonchev–Trinajstić information content (AvgIpc) is 2.73.